The van der Waals surface area contributed by atoms with Crippen molar-refractivity contribution in [2.24, 2.45) is 5.92 Å². The molecule has 5 nitrogen and oxygen atoms in total. The summed E-state index contributed by atoms with van der Waals surface area (Å²) < 4.78 is 0. The van der Waals surface area contributed by atoms with Crippen molar-refractivity contribution in [1.29, 1.82) is 0 Å². The van der Waals surface area contributed by atoms with Crippen LogP contribution in [0.2, 0.25) is 5.02 Å². The second kappa shape index (κ2) is 8.92. The van der Waals surface area contributed by atoms with E-state index in [0.717, 1.165) is 37.3 Å². The third kappa shape index (κ3) is 5.41. The summed E-state index contributed by atoms with van der Waals surface area (Å²) in [5.41, 5.74) is 1.22. The van der Waals surface area contributed by atoms with E-state index in [-0.39, 0.29) is 17.9 Å². The van der Waals surface area contributed by atoms with Gasteiger partial charge in [0, 0.05) is 38.8 Å². The third-order valence-electron chi connectivity index (χ3n) is 4.30. The van der Waals surface area contributed by atoms with Gasteiger partial charge in [0.05, 0.1) is 5.92 Å². The summed E-state index contributed by atoms with van der Waals surface area (Å²) in [5.74, 6) is -0.0412. The molecule has 0 saturated carbocycles. The van der Waals surface area contributed by atoms with Crippen molar-refractivity contribution in [2.75, 3.05) is 33.7 Å². The minimum absolute atomic E-state index is 0.0183. The number of hydrogen-bond acceptors (Lipinski definition) is 2. The number of rotatable bonds is 5. The minimum atomic E-state index is -0.0989. The highest BCUT2D eigenvalue weighted by atomic mass is 35.5. The highest BCUT2D eigenvalue weighted by molar-refractivity contribution is 6.30. The molecule has 0 bridgehead atoms. The van der Waals surface area contributed by atoms with Crippen LogP contribution < -0.4 is 5.32 Å². The Morgan fingerprint density at radius 1 is 1.29 bits per heavy atom. The lowest BCUT2D eigenvalue weighted by molar-refractivity contribution is -0.126. The van der Waals surface area contributed by atoms with Gasteiger partial charge in [-0.3, -0.25) is 4.79 Å². The van der Waals surface area contributed by atoms with E-state index in [2.05, 4.69) is 5.32 Å². The second-order valence-corrected chi connectivity index (χ2v) is 6.92. The SMILES string of the molecule is CN(C)C(=O)N1CCC[C@H](C(=O)NCCCc2ccc(Cl)cc2)C1. The summed E-state index contributed by atoms with van der Waals surface area (Å²) in [5, 5.41) is 3.74. The van der Waals surface area contributed by atoms with Gasteiger partial charge in [0.1, 0.15) is 0 Å². The largest absolute Gasteiger partial charge is 0.356 e. The monoisotopic (exact) mass is 351 g/mol. The van der Waals surface area contributed by atoms with Crippen molar-refractivity contribution < 1.29 is 9.59 Å². The van der Waals surface area contributed by atoms with E-state index in [1.807, 2.05) is 24.3 Å². The second-order valence-electron chi connectivity index (χ2n) is 6.48. The summed E-state index contributed by atoms with van der Waals surface area (Å²) in [6, 6.07) is 7.77. The predicted molar refractivity (Wildman–Crippen MR) is 96.2 cm³/mol. The number of carbonyl (C=O) groups excluding carboxylic acids is 2. The van der Waals surface area contributed by atoms with Crippen LogP contribution in [0.25, 0.3) is 0 Å². The van der Waals surface area contributed by atoms with Gasteiger partial charge in [-0.25, -0.2) is 4.79 Å². The average Bonchev–Trinajstić information content (AvgIpc) is 2.59. The van der Waals surface area contributed by atoms with Gasteiger partial charge in [0.15, 0.2) is 0 Å². The molecule has 1 fully saturated rings. The van der Waals surface area contributed by atoms with E-state index >= 15 is 0 Å². The zero-order valence-electron chi connectivity index (χ0n) is 14.4. The number of likely N-dealkylation sites (tertiary alicyclic amines) is 1. The lowest BCUT2D eigenvalue weighted by atomic mass is 9.97. The van der Waals surface area contributed by atoms with Crippen LogP contribution in [0.3, 0.4) is 0 Å². The molecule has 0 aromatic heterocycles. The number of nitrogens with zero attached hydrogens (tertiary/aromatic N) is 2. The molecule has 0 radical (unpaired) electrons. The lowest BCUT2D eigenvalue weighted by Crippen LogP contribution is -2.48. The molecule has 1 heterocycles. The summed E-state index contributed by atoms with van der Waals surface area (Å²) in [4.78, 5) is 27.7. The van der Waals surface area contributed by atoms with Gasteiger partial charge in [0.2, 0.25) is 5.91 Å². The maximum absolute atomic E-state index is 12.3. The molecule has 1 aliphatic heterocycles. The number of nitrogens with one attached hydrogen (secondary N) is 1. The van der Waals surface area contributed by atoms with Crippen LogP contribution in [-0.2, 0) is 11.2 Å². The van der Waals surface area contributed by atoms with Gasteiger partial charge >= 0.3 is 6.03 Å². The number of amides is 3. The van der Waals surface area contributed by atoms with Gasteiger partial charge in [-0.2, -0.15) is 0 Å². The fourth-order valence-corrected chi connectivity index (χ4v) is 3.07. The summed E-state index contributed by atoms with van der Waals surface area (Å²) in [7, 11) is 3.48. The number of halogens is 1. The number of aryl methyl sites for hydroxylation is 1. The predicted octanol–water partition coefficient (Wildman–Crippen LogP) is 2.78. The summed E-state index contributed by atoms with van der Waals surface area (Å²) in [6.45, 7) is 1.90. The van der Waals surface area contributed by atoms with Crippen LogP contribution >= 0.6 is 11.6 Å². The van der Waals surface area contributed by atoms with Crippen molar-refractivity contribution >= 4 is 23.5 Å². The molecule has 24 heavy (non-hydrogen) atoms. The molecule has 0 unspecified atom stereocenters. The van der Waals surface area contributed by atoms with Gasteiger partial charge in [0.25, 0.3) is 0 Å². The van der Waals surface area contributed by atoms with E-state index in [1.54, 1.807) is 23.9 Å². The van der Waals surface area contributed by atoms with Crippen LogP contribution in [0.15, 0.2) is 24.3 Å². The molecule has 132 valence electrons. The molecular weight excluding hydrogens is 326 g/mol. The Kier molecular flexibility index (Phi) is 6.91. The zero-order valence-corrected chi connectivity index (χ0v) is 15.2. The number of piperidine rings is 1. The van der Waals surface area contributed by atoms with Gasteiger partial charge in [-0.05, 0) is 43.4 Å². The molecule has 2 rings (SSSR count). The molecule has 1 aliphatic rings. The quantitative estimate of drug-likeness (QED) is 0.829. The molecule has 1 atom stereocenters. The van der Waals surface area contributed by atoms with Crippen molar-refractivity contribution in [2.45, 2.75) is 25.7 Å². The normalized spacial score (nSPS) is 17.5. The van der Waals surface area contributed by atoms with E-state index in [9.17, 15) is 9.59 Å². The molecule has 1 N–H and O–H groups in total. The smallest absolute Gasteiger partial charge is 0.319 e. The van der Waals surface area contributed by atoms with Crippen LogP contribution in [0, 0.1) is 5.92 Å². The van der Waals surface area contributed by atoms with Crippen molar-refractivity contribution in [1.82, 2.24) is 15.1 Å². The summed E-state index contributed by atoms with van der Waals surface area (Å²) in [6.07, 6.45) is 3.52. The van der Waals surface area contributed by atoms with Crippen LogP contribution in [-0.4, -0.2) is 55.5 Å². The maximum atomic E-state index is 12.3. The fraction of sp³-hybridized carbons (Fsp3) is 0.556. The maximum Gasteiger partial charge on any atom is 0.319 e. The minimum Gasteiger partial charge on any atom is -0.356 e. The van der Waals surface area contributed by atoms with Gasteiger partial charge < -0.3 is 15.1 Å². The molecule has 0 spiro atoms. The van der Waals surface area contributed by atoms with Crippen LogP contribution in [0.5, 0.6) is 0 Å². The molecular formula is C18H26ClN3O2. The number of benzene rings is 1. The summed E-state index contributed by atoms with van der Waals surface area (Å²) >= 11 is 5.87. The Hall–Kier alpha value is -1.75. The molecule has 1 saturated heterocycles. The molecule has 1 aromatic carbocycles. The van der Waals surface area contributed by atoms with E-state index in [0.29, 0.717) is 13.1 Å². The van der Waals surface area contributed by atoms with Crippen LogP contribution in [0.4, 0.5) is 4.79 Å². The van der Waals surface area contributed by atoms with Gasteiger partial charge in [-0.15, -0.1) is 0 Å². The fourth-order valence-electron chi connectivity index (χ4n) is 2.95. The number of urea groups is 1. The molecule has 0 aliphatic carbocycles. The molecule has 6 heteroatoms. The van der Waals surface area contributed by atoms with Gasteiger partial charge in [-0.1, -0.05) is 23.7 Å². The highest BCUT2D eigenvalue weighted by Gasteiger charge is 2.28. The first kappa shape index (κ1) is 18.6. The van der Waals surface area contributed by atoms with E-state index in [4.69, 9.17) is 11.6 Å². The Labute approximate surface area is 149 Å². The number of carbonyl (C=O) groups is 2. The topological polar surface area (TPSA) is 52.7 Å². The Bertz CT molecular complexity index is 560. The van der Waals surface area contributed by atoms with E-state index in [1.165, 1.54) is 5.56 Å². The lowest BCUT2D eigenvalue weighted by Gasteiger charge is -2.33. The molecule has 1 aromatic rings. The average molecular weight is 352 g/mol. The first-order chi connectivity index (χ1) is 11.5. The first-order valence-electron chi connectivity index (χ1n) is 8.45. The highest BCUT2D eigenvalue weighted by Crippen LogP contribution is 2.17. The van der Waals surface area contributed by atoms with Crippen molar-refractivity contribution in [3.63, 3.8) is 0 Å². The van der Waals surface area contributed by atoms with Crippen LogP contribution in [0.1, 0.15) is 24.8 Å². The standard InChI is InChI=1S/C18H26ClN3O2/c1-21(2)18(24)22-12-4-6-15(13-22)17(23)20-11-3-5-14-7-9-16(19)10-8-14/h7-10,15H,3-6,11-13H2,1-2H3,(H,20,23)/t15-/m0/s1. The molecule has 3 amide bonds. The van der Waals surface area contributed by atoms with E-state index < -0.39 is 0 Å². The van der Waals surface area contributed by atoms with Crippen molar-refractivity contribution in [3.8, 4) is 0 Å². The first-order valence-corrected chi connectivity index (χ1v) is 8.83. The van der Waals surface area contributed by atoms with Crippen molar-refractivity contribution in [3.05, 3.63) is 34.9 Å². The Balaban J connectivity index is 1.71. The third-order valence-corrected chi connectivity index (χ3v) is 4.55. The Morgan fingerprint density at radius 3 is 2.67 bits per heavy atom. The zero-order chi connectivity index (χ0) is 17.5. The Morgan fingerprint density at radius 2 is 2.00 bits per heavy atom. The number of hydrogen-bond donors (Lipinski definition) is 1.